The van der Waals surface area contributed by atoms with Crippen molar-refractivity contribution in [3.05, 3.63) is 58.5 Å². The van der Waals surface area contributed by atoms with Crippen LogP contribution in [0.2, 0.25) is 0 Å². The van der Waals surface area contributed by atoms with E-state index in [4.69, 9.17) is 5.53 Å². The van der Waals surface area contributed by atoms with Gasteiger partial charge < -0.3 is 10.6 Å². The van der Waals surface area contributed by atoms with Crippen molar-refractivity contribution in [2.75, 3.05) is 6.54 Å². The summed E-state index contributed by atoms with van der Waals surface area (Å²) in [7, 11) is 0. The second-order valence-electron chi connectivity index (χ2n) is 7.98. The summed E-state index contributed by atoms with van der Waals surface area (Å²) in [6, 6.07) is 12.5. The van der Waals surface area contributed by atoms with E-state index < -0.39 is 6.04 Å². The Bertz CT molecular complexity index is 905. The SMILES string of the molecule is CCCC[C@@H](CN=[N+]=[N-])NC(=O)[C@H](CC(C)C)NC(=O)c1ccc2ccccc2c1. The molecule has 160 valence electrons. The Morgan fingerprint density at radius 3 is 2.50 bits per heavy atom. The molecule has 0 aliphatic carbocycles. The average molecular weight is 410 g/mol. The number of unbranched alkanes of at least 4 members (excludes halogenated alkanes) is 1. The number of hydrogen-bond acceptors (Lipinski definition) is 3. The zero-order valence-corrected chi connectivity index (χ0v) is 18.0. The number of carbonyl (C=O) groups excluding carboxylic acids is 2. The minimum atomic E-state index is -0.654. The Hall–Kier alpha value is -3.05. The maximum Gasteiger partial charge on any atom is 0.251 e. The summed E-state index contributed by atoms with van der Waals surface area (Å²) in [5.41, 5.74) is 9.13. The van der Waals surface area contributed by atoms with Crippen LogP contribution in [0.1, 0.15) is 56.8 Å². The molecule has 2 rings (SSSR count). The molecule has 0 saturated carbocycles. The lowest BCUT2D eigenvalue weighted by Gasteiger charge is -2.24. The number of fused-ring (bicyclic) bond motifs is 1. The van der Waals surface area contributed by atoms with Gasteiger partial charge in [-0.25, -0.2) is 0 Å². The summed E-state index contributed by atoms with van der Waals surface area (Å²) < 4.78 is 0. The van der Waals surface area contributed by atoms with E-state index in [0.29, 0.717) is 12.0 Å². The fourth-order valence-corrected chi connectivity index (χ4v) is 3.37. The molecular formula is C23H31N5O2. The van der Waals surface area contributed by atoms with Crippen molar-refractivity contribution in [1.82, 2.24) is 10.6 Å². The number of benzene rings is 2. The van der Waals surface area contributed by atoms with Gasteiger partial charge in [-0.15, -0.1) is 0 Å². The van der Waals surface area contributed by atoms with Gasteiger partial charge in [0.05, 0.1) is 0 Å². The molecule has 2 aromatic carbocycles. The van der Waals surface area contributed by atoms with Crippen LogP contribution in [0.5, 0.6) is 0 Å². The van der Waals surface area contributed by atoms with Gasteiger partial charge in [-0.1, -0.05) is 69.1 Å². The van der Waals surface area contributed by atoms with Crippen LogP contribution in [0.4, 0.5) is 0 Å². The summed E-state index contributed by atoms with van der Waals surface area (Å²) in [6.45, 7) is 6.29. The van der Waals surface area contributed by atoms with Crippen LogP contribution in [0.3, 0.4) is 0 Å². The van der Waals surface area contributed by atoms with E-state index in [1.807, 2.05) is 50.2 Å². The van der Waals surface area contributed by atoms with Gasteiger partial charge in [0.1, 0.15) is 6.04 Å². The second-order valence-corrected chi connectivity index (χ2v) is 7.98. The predicted molar refractivity (Wildman–Crippen MR) is 120 cm³/mol. The third-order valence-electron chi connectivity index (χ3n) is 4.96. The van der Waals surface area contributed by atoms with Gasteiger partial charge in [-0.05, 0) is 47.2 Å². The van der Waals surface area contributed by atoms with E-state index in [1.165, 1.54) is 0 Å². The molecule has 0 aliphatic rings. The van der Waals surface area contributed by atoms with E-state index in [0.717, 1.165) is 30.0 Å². The van der Waals surface area contributed by atoms with Crippen LogP contribution in [0.25, 0.3) is 21.2 Å². The number of carbonyl (C=O) groups is 2. The number of amides is 2. The highest BCUT2D eigenvalue weighted by molar-refractivity contribution is 6.00. The summed E-state index contributed by atoms with van der Waals surface area (Å²) in [5.74, 6) is -0.294. The van der Waals surface area contributed by atoms with Gasteiger partial charge >= 0.3 is 0 Å². The number of hydrogen-bond donors (Lipinski definition) is 2. The summed E-state index contributed by atoms with van der Waals surface area (Å²) in [5, 5.41) is 11.5. The number of azide groups is 1. The molecule has 7 nitrogen and oxygen atoms in total. The van der Waals surface area contributed by atoms with E-state index in [2.05, 4.69) is 27.6 Å². The number of rotatable bonds is 11. The van der Waals surface area contributed by atoms with Crippen molar-refractivity contribution in [3.63, 3.8) is 0 Å². The molecule has 30 heavy (non-hydrogen) atoms. The molecule has 0 saturated heterocycles. The predicted octanol–water partition coefficient (Wildman–Crippen LogP) is 4.97. The lowest BCUT2D eigenvalue weighted by atomic mass is 10.0. The Morgan fingerprint density at radius 1 is 1.10 bits per heavy atom. The Kier molecular flexibility index (Phi) is 9.16. The first kappa shape index (κ1) is 23.2. The van der Waals surface area contributed by atoms with Crippen molar-refractivity contribution in [2.45, 2.75) is 58.5 Å². The maximum atomic E-state index is 12.9. The Labute approximate surface area is 177 Å². The molecule has 0 heterocycles. The van der Waals surface area contributed by atoms with Crippen LogP contribution < -0.4 is 10.6 Å². The second kappa shape index (κ2) is 11.8. The van der Waals surface area contributed by atoms with E-state index >= 15 is 0 Å². The van der Waals surface area contributed by atoms with E-state index in [-0.39, 0.29) is 30.3 Å². The minimum Gasteiger partial charge on any atom is -0.351 e. The zero-order chi connectivity index (χ0) is 21.9. The molecule has 2 atom stereocenters. The Morgan fingerprint density at radius 2 is 1.83 bits per heavy atom. The molecule has 2 aromatic rings. The normalized spacial score (nSPS) is 12.8. The lowest BCUT2D eigenvalue weighted by Crippen LogP contribution is -2.50. The standard InChI is InChI=1S/C23H31N5O2/c1-4-5-10-20(15-25-28-24)26-23(30)21(13-16(2)3)27-22(29)19-12-11-17-8-6-7-9-18(17)14-19/h6-9,11-12,14,16,20-21H,4-5,10,13,15H2,1-3H3,(H,26,30)(H,27,29)/t20-,21-/m0/s1. The fraction of sp³-hybridized carbons (Fsp3) is 0.478. The van der Waals surface area contributed by atoms with Crippen LogP contribution >= 0.6 is 0 Å². The monoisotopic (exact) mass is 409 g/mol. The Balaban J connectivity index is 2.13. The molecule has 0 bridgehead atoms. The van der Waals surface area contributed by atoms with Crippen molar-refractivity contribution in [3.8, 4) is 0 Å². The first-order valence-corrected chi connectivity index (χ1v) is 10.6. The van der Waals surface area contributed by atoms with Crippen LogP contribution in [0.15, 0.2) is 47.6 Å². The molecule has 0 aromatic heterocycles. The largest absolute Gasteiger partial charge is 0.351 e. The quantitative estimate of drug-likeness (QED) is 0.310. The lowest BCUT2D eigenvalue weighted by molar-refractivity contribution is -0.124. The van der Waals surface area contributed by atoms with Crippen molar-refractivity contribution in [1.29, 1.82) is 0 Å². The van der Waals surface area contributed by atoms with Gasteiger partial charge in [0.15, 0.2) is 0 Å². The first-order valence-electron chi connectivity index (χ1n) is 10.6. The molecule has 0 unspecified atom stereocenters. The first-order chi connectivity index (χ1) is 14.4. The molecule has 2 amide bonds. The zero-order valence-electron chi connectivity index (χ0n) is 18.0. The third kappa shape index (κ3) is 7.08. The minimum absolute atomic E-state index is 0.204. The van der Waals surface area contributed by atoms with Crippen LogP contribution in [0, 0.1) is 5.92 Å². The molecule has 2 N–H and O–H groups in total. The van der Waals surface area contributed by atoms with Gasteiger partial charge in [0.2, 0.25) is 5.91 Å². The highest BCUT2D eigenvalue weighted by Crippen LogP contribution is 2.16. The van der Waals surface area contributed by atoms with E-state index in [9.17, 15) is 9.59 Å². The van der Waals surface area contributed by atoms with E-state index in [1.54, 1.807) is 6.07 Å². The average Bonchev–Trinajstić information content (AvgIpc) is 2.74. The van der Waals surface area contributed by atoms with Crippen LogP contribution in [-0.4, -0.2) is 30.4 Å². The van der Waals surface area contributed by atoms with Crippen molar-refractivity contribution >= 4 is 22.6 Å². The molecule has 0 aliphatic heterocycles. The summed E-state index contributed by atoms with van der Waals surface area (Å²) in [4.78, 5) is 28.6. The van der Waals surface area contributed by atoms with Gasteiger partial charge in [-0.2, -0.15) is 0 Å². The highest BCUT2D eigenvalue weighted by atomic mass is 16.2. The molecule has 0 radical (unpaired) electrons. The maximum absolute atomic E-state index is 12.9. The molecule has 0 spiro atoms. The van der Waals surface area contributed by atoms with Gasteiger partial charge in [0.25, 0.3) is 5.91 Å². The van der Waals surface area contributed by atoms with Crippen molar-refractivity contribution in [2.24, 2.45) is 11.0 Å². The highest BCUT2D eigenvalue weighted by Gasteiger charge is 2.24. The van der Waals surface area contributed by atoms with Crippen molar-refractivity contribution < 1.29 is 9.59 Å². The summed E-state index contributed by atoms with van der Waals surface area (Å²) in [6.07, 6.45) is 3.16. The fourth-order valence-electron chi connectivity index (χ4n) is 3.37. The smallest absolute Gasteiger partial charge is 0.251 e. The summed E-state index contributed by atoms with van der Waals surface area (Å²) >= 11 is 0. The molecule has 0 fully saturated rings. The third-order valence-corrected chi connectivity index (χ3v) is 4.96. The topological polar surface area (TPSA) is 107 Å². The van der Waals surface area contributed by atoms with Gasteiger partial charge in [-0.3, -0.25) is 9.59 Å². The number of nitrogens with zero attached hydrogens (tertiary/aromatic N) is 3. The molecule has 7 heteroatoms. The van der Waals surface area contributed by atoms with Gasteiger partial charge in [0, 0.05) is 23.1 Å². The molecular weight excluding hydrogens is 378 g/mol. The van der Waals surface area contributed by atoms with Crippen LogP contribution in [-0.2, 0) is 4.79 Å². The number of nitrogens with one attached hydrogen (secondary N) is 2.